The van der Waals surface area contributed by atoms with Crippen molar-refractivity contribution in [1.82, 2.24) is 0 Å². The fourth-order valence-electron chi connectivity index (χ4n) is 2.10. The molecule has 0 aliphatic rings. The van der Waals surface area contributed by atoms with E-state index in [1.54, 1.807) is 30.3 Å². The highest BCUT2D eigenvalue weighted by atomic mass is 127. The molecule has 0 amide bonds. The lowest BCUT2D eigenvalue weighted by atomic mass is 9.99. The molecule has 0 saturated heterocycles. The van der Waals surface area contributed by atoms with Gasteiger partial charge in [0.2, 0.25) is 0 Å². The van der Waals surface area contributed by atoms with Gasteiger partial charge in [0.15, 0.2) is 0 Å². The third-order valence-electron chi connectivity index (χ3n) is 3.26. The van der Waals surface area contributed by atoms with Gasteiger partial charge in [-0.15, -0.1) is 0 Å². The van der Waals surface area contributed by atoms with Gasteiger partial charge in [0.25, 0.3) is 5.69 Å². The number of nitro groups is 1. The third-order valence-corrected chi connectivity index (χ3v) is 4.79. The van der Waals surface area contributed by atoms with Gasteiger partial charge in [0.1, 0.15) is 0 Å². The van der Waals surface area contributed by atoms with Crippen LogP contribution >= 0.6 is 38.5 Å². The summed E-state index contributed by atoms with van der Waals surface area (Å²) in [6.45, 7) is 1.89. The second-order valence-electron chi connectivity index (χ2n) is 4.78. The van der Waals surface area contributed by atoms with E-state index in [0.29, 0.717) is 14.5 Å². The topological polar surface area (TPSA) is 80.4 Å². The zero-order valence-electron chi connectivity index (χ0n) is 11.5. The summed E-state index contributed by atoms with van der Waals surface area (Å²) in [6.07, 6.45) is 0.510. The number of nitro benzene ring substituents is 1. The predicted molar refractivity (Wildman–Crippen MR) is 94.5 cm³/mol. The Bertz CT molecular complexity index is 776. The van der Waals surface area contributed by atoms with E-state index in [1.165, 1.54) is 0 Å². The molecule has 0 aromatic heterocycles. The number of carbonyl (C=O) groups is 1. The number of halogens is 2. The van der Waals surface area contributed by atoms with Crippen molar-refractivity contribution in [1.29, 1.82) is 0 Å². The van der Waals surface area contributed by atoms with Crippen LogP contribution in [0.2, 0.25) is 0 Å². The first-order chi connectivity index (χ1) is 10.3. The molecule has 114 valence electrons. The summed E-state index contributed by atoms with van der Waals surface area (Å²) >= 11 is 5.17. The average molecular weight is 476 g/mol. The van der Waals surface area contributed by atoms with Crippen molar-refractivity contribution in [3.63, 3.8) is 0 Å². The van der Waals surface area contributed by atoms with Crippen molar-refractivity contribution >= 4 is 50.2 Å². The van der Waals surface area contributed by atoms with Gasteiger partial charge < -0.3 is 5.11 Å². The highest BCUT2D eigenvalue weighted by molar-refractivity contribution is 14.1. The molecule has 2 aromatic rings. The third kappa shape index (κ3) is 3.64. The molecule has 22 heavy (non-hydrogen) atoms. The molecule has 0 radical (unpaired) electrons. The number of carboxylic acids is 1. The van der Waals surface area contributed by atoms with E-state index in [2.05, 4.69) is 15.9 Å². The first-order valence-corrected chi connectivity index (χ1v) is 8.12. The van der Waals surface area contributed by atoms with Gasteiger partial charge in [-0.3, -0.25) is 10.1 Å². The summed E-state index contributed by atoms with van der Waals surface area (Å²) in [5.41, 5.74) is 2.97. The van der Waals surface area contributed by atoms with E-state index in [9.17, 15) is 14.9 Å². The Kier molecular flexibility index (Phi) is 5.17. The Morgan fingerprint density at radius 2 is 2.05 bits per heavy atom. The fourth-order valence-corrected chi connectivity index (χ4v) is 3.51. The molecule has 0 heterocycles. The van der Waals surface area contributed by atoms with Crippen LogP contribution in [-0.4, -0.2) is 16.0 Å². The molecule has 7 heteroatoms. The molecule has 0 atom stereocenters. The molecule has 0 aliphatic carbocycles. The van der Waals surface area contributed by atoms with Gasteiger partial charge in [-0.05, 0) is 86.8 Å². The monoisotopic (exact) mass is 475 g/mol. The van der Waals surface area contributed by atoms with Crippen molar-refractivity contribution in [2.45, 2.75) is 13.3 Å². The highest BCUT2D eigenvalue weighted by Crippen LogP contribution is 2.29. The molecule has 1 N–H and O–H groups in total. The standard InChI is InChI=1S/C15H11BrINO4/c1-8-4-12(16)14(18(21)22)7-10(8)5-9-2-3-11(15(19)20)13(17)6-9/h2-4,6-7H,5H2,1H3,(H,19,20). The normalized spacial score (nSPS) is 10.5. The molecular formula is C15H11BrINO4. The van der Waals surface area contributed by atoms with Crippen LogP contribution in [0.25, 0.3) is 0 Å². The number of carboxylic acid groups (broad SMARTS) is 1. The van der Waals surface area contributed by atoms with Crippen LogP contribution in [0.15, 0.2) is 34.8 Å². The van der Waals surface area contributed by atoms with E-state index < -0.39 is 10.9 Å². The molecular weight excluding hydrogens is 465 g/mol. The van der Waals surface area contributed by atoms with Crippen LogP contribution in [0.5, 0.6) is 0 Å². The minimum atomic E-state index is -0.966. The van der Waals surface area contributed by atoms with Crippen LogP contribution in [0.3, 0.4) is 0 Å². The van der Waals surface area contributed by atoms with Gasteiger partial charge in [-0.2, -0.15) is 0 Å². The lowest BCUT2D eigenvalue weighted by molar-refractivity contribution is -0.385. The summed E-state index contributed by atoms with van der Waals surface area (Å²) < 4.78 is 1.10. The maximum absolute atomic E-state index is 11.0. The van der Waals surface area contributed by atoms with Crippen molar-refractivity contribution in [2.24, 2.45) is 0 Å². The molecule has 0 spiro atoms. The smallest absolute Gasteiger partial charge is 0.336 e. The van der Waals surface area contributed by atoms with Crippen LogP contribution in [0, 0.1) is 20.6 Å². The molecule has 5 nitrogen and oxygen atoms in total. The van der Waals surface area contributed by atoms with Crippen molar-refractivity contribution in [3.05, 3.63) is 70.7 Å². The highest BCUT2D eigenvalue weighted by Gasteiger charge is 2.16. The van der Waals surface area contributed by atoms with Crippen LogP contribution in [-0.2, 0) is 6.42 Å². The number of rotatable bonds is 4. The Morgan fingerprint density at radius 1 is 1.36 bits per heavy atom. The molecule has 0 aliphatic heterocycles. The molecule has 0 saturated carbocycles. The molecule has 2 aromatic carbocycles. The molecule has 0 unspecified atom stereocenters. The largest absolute Gasteiger partial charge is 0.478 e. The fraction of sp³-hybridized carbons (Fsp3) is 0.133. The quantitative estimate of drug-likeness (QED) is 0.399. The molecule has 0 bridgehead atoms. The van der Waals surface area contributed by atoms with E-state index in [0.717, 1.165) is 16.7 Å². The lowest BCUT2D eigenvalue weighted by Gasteiger charge is -2.09. The van der Waals surface area contributed by atoms with Gasteiger partial charge in [-0.25, -0.2) is 4.79 Å². The SMILES string of the molecule is Cc1cc(Br)c([N+](=O)[O-])cc1Cc1ccc(C(=O)O)c(I)c1. The minimum Gasteiger partial charge on any atom is -0.478 e. The van der Waals surface area contributed by atoms with E-state index >= 15 is 0 Å². The second kappa shape index (κ2) is 6.74. The number of aryl methyl sites for hydroxylation is 1. The first-order valence-electron chi connectivity index (χ1n) is 6.24. The number of hydrogen-bond acceptors (Lipinski definition) is 3. The number of benzene rings is 2. The van der Waals surface area contributed by atoms with Crippen molar-refractivity contribution < 1.29 is 14.8 Å². The van der Waals surface area contributed by atoms with Gasteiger partial charge in [0, 0.05) is 9.64 Å². The van der Waals surface area contributed by atoms with Crippen LogP contribution in [0.4, 0.5) is 5.69 Å². The van der Waals surface area contributed by atoms with Crippen molar-refractivity contribution in [3.8, 4) is 0 Å². The Balaban J connectivity index is 2.39. The minimum absolute atomic E-state index is 0.0254. The molecule has 2 rings (SSSR count). The van der Waals surface area contributed by atoms with Gasteiger partial charge >= 0.3 is 5.97 Å². The second-order valence-corrected chi connectivity index (χ2v) is 6.80. The number of hydrogen-bond donors (Lipinski definition) is 1. The van der Waals surface area contributed by atoms with Crippen LogP contribution < -0.4 is 0 Å². The summed E-state index contributed by atoms with van der Waals surface area (Å²) in [7, 11) is 0. The Hall–Kier alpha value is -1.48. The van der Waals surface area contributed by atoms with E-state index in [-0.39, 0.29) is 11.3 Å². The zero-order valence-corrected chi connectivity index (χ0v) is 15.2. The predicted octanol–water partition coefficient (Wildman–Crippen LogP) is 4.56. The first kappa shape index (κ1) is 16.9. The lowest BCUT2D eigenvalue weighted by Crippen LogP contribution is -2.01. The summed E-state index contributed by atoms with van der Waals surface area (Å²) in [5, 5.41) is 20.1. The maximum atomic E-state index is 11.0. The maximum Gasteiger partial charge on any atom is 0.336 e. The zero-order chi connectivity index (χ0) is 16.4. The van der Waals surface area contributed by atoms with Gasteiger partial charge in [0.05, 0.1) is 15.0 Å². The van der Waals surface area contributed by atoms with Crippen molar-refractivity contribution in [2.75, 3.05) is 0 Å². The number of aromatic carboxylic acids is 1. The summed E-state index contributed by atoms with van der Waals surface area (Å²) in [5.74, 6) is -0.966. The Labute approximate surface area is 148 Å². The molecule has 0 fully saturated rings. The van der Waals surface area contributed by atoms with E-state index in [4.69, 9.17) is 5.11 Å². The van der Waals surface area contributed by atoms with E-state index in [1.807, 2.05) is 29.5 Å². The van der Waals surface area contributed by atoms with Gasteiger partial charge in [-0.1, -0.05) is 6.07 Å². The number of nitrogens with zero attached hydrogens (tertiary/aromatic N) is 1. The summed E-state index contributed by atoms with van der Waals surface area (Å²) in [6, 6.07) is 8.36. The van der Waals surface area contributed by atoms with Crippen LogP contribution in [0.1, 0.15) is 27.0 Å². The summed E-state index contributed by atoms with van der Waals surface area (Å²) in [4.78, 5) is 21.6. The average Bonchev–Trinajstić information content (AvgIpc) is 2.41. The Morgan fingerprint density at radius 3 is 2.59 bits per heavy atom.